The second kappa shape index (κ2) is 9.17. The molecule has 5 nitrogen and oxygen atoms in total. The van der Waals surface area contributed by atoms with E-state index >= 15 is 0 Å². The minimum absolute atomic E-state index is 0. The molecule has 1 saturated carbocycles. The number of nitrogens with one attached hydrogen (secondary N) is 1. The Morgan fingerprint density at radius 3 is 2.19 bits per heavy atom. The largest absolute Gasteiger partial charge is 0.370 e. The van der Waals surface area contributed by atoms with Crippen molar-refractivity contribution >= 4 is 39.8 Å². The van der Waals surface area contributed by atoms with Gasteiger partial charge in [-0.05, 0) is 31.6 Å². The van der Waals surface area contributed by atoms with E-state index in [0.717, 1.165) is 12.8 Å². The lowest BCUT2D eigenvalue weighted by Gasteiger charge is -2.21. The molecule has 2 rings (SSSR count). The Kier molecular flexibility index (Phi) is 8.30. The number of aliphatic imine (C=N–C) groups is 1. The summed E-state index contributed by atoms with van der Waals surface area (Å²) in [4.78, 5) is 4.41. The van der Waals surface area contributed by atoms with Gasteiger partial charge in [0.15, 0.2) is 5.96 Å². The predicted octanol–water partition coefficient (Wildman–Crippen LogP) is 2.06. The molecule has 1 heterocycles. The van der Waals surface area contributed by atoms with Crippen molar-refractivity contribution in [3.63, 3.8) is 0 Å². The Balaban J connectivity index is 0.00000220. The fourth-order valence-corrected chi connectivity index (χ4v) is 4.62. The lowest BCUT2D eigenvalue weighted by Crippen LogP contribution is -2.40. The summed E-state index contributed by atoms with van der Waals surface area (Å²) in [5, 5.41) is 3.32. The van der Waals surface area contributed by atoms with Gasteiger partial charge in [0.05, 0.1) is 11.5 Å². The van der Waals surface area contributed by atoms with Crippen LogP contribution in [0.2, 0.25) is 0 Å². The molecule has 0 aromatic heterocycles. The average Bonchev–Trinajstić information content (AvgIpc) is 2.66. The third kappa shape index (κ3) is 7.17. The molecule has 0 aromatic rings. The first-order valence-corrected chi connectivity index (χ1v) is 9.64. The standard InChI is InChI=1S/C14H27N3O2S.HI/c15-14(17-13-5-3-1-2-4-6-13)16-11-12-7-9-20(18,19)10-8-12;/h12-13H,1-11H2,(H3,15,16,17);1H. The molecule has 21 heavy (non-hydrogen) atoms. The summed E-state index contributed by atoms with van der Waals surface area (Å²) in [6, 6.07) is 0.466. The minimum Gasteiger partial charge on any atom is -0.370 e. The van der Waals surface area contributed by atoms with Gasteiger partial charge >= 0.3 is 0 Å². The molecule has 124 valence electrons. The molecule has 0 aromatic carbocycles. The van der Waals surface area contributed by atoms with Crippen molar-refractivity contribution in [2.45, 2.75) is 57.4 Å². The number of nitrogens with zero attached hydrogens (tertiary/aromatic N) is 1. The Labute approximate surface area is 145 Å². The highest BCUT2D eigenvalue weighted by atomic mass is 127. The first-order chi connectivity index (χ1) is 9.55. The van der Waals surface area contributed by atoms with Crippen LogP contribution in [-0.4, -0.2) is 38.5 Å². The molecule has 0 unspecified atom stereocenters. The van der Waals surface area contributed by atoms with E-state index in [1.54, 1.807) is 0 Å². The molecule has 0 radical (unpaired) electrons. The van der Waals surface area contributed by atoms with Gasteiger partial charge < -0.3 is 11.1 Å². The summed E-state index contributed by atoms with van der Waals surface area (Å²) in [5.74, 6) is 1.52. The molecule has 1 saturated heterocycles. The molecule has 1 aliphatic carbocycles. The van der Waals surface area contributed by atoms with E-state index < -0.39 is 9.84 Å². The molecule has 0 atom stereocenters. The number of hydrogen-bond acceptors (Lipinski definition) is 3. The van der Waals surface area contributed by atoms with E-state index in [0.29, 0.717) is 36.0 Å². The highest BCUT2D eigenvalue weighted by Gasteiger charge is 2.23. The maximum Gasteiger partial charge on any atom is 0.188 e. The number of guanidine groups is 1. The Morgan fingerprint density at radius 1 is 1.05 bits per heavy atom. The predicted molar refractivity (Wildman–Crippen MR) is 97.9 cm³/mol. The number of halogens is 1. The van der Waals surface area contributed by atoms with Gasteiger partial charge in [0.1, 0.15) is 9.84 Å². The molecular formula is C14H28IN3O2S. The van der Waals surface area contributed by atoms with Crippen LogP contribution in [0, 0.1) is 5.92 Å². The summed E-state index contributed by atoms with van der Waals surface area (Å²) >= 11 is 0. The SMILES string of the molecule is I.NC(=NCC1CCS(=O)(=O)CC1)NC1CCCCCC1. The highest BCUT2D eigenvalue weighted by molar-refractivity contribution is 14.0. The Hall–Kier alpha value is -0.0500. The van der Waals surface area contributed by atoms with Gasteiger partial charge in [-0.25, -0.2) is 8.42 Å². The number of nitrogens with two attached hydrogens (primary N) is 1. The minimum atomic E-state index is -2.78. The molecular weight excluding hydrogens is 401 g/mol. The van der Waals surface area contributed by atoms with E-state index in [2.05, 4.69) is 10.3 Å². The first kappa shape index (κ1) is 19.0. The second-order valence-electron chi connectivity index (χ2n) is 6.15. The van der Waals surface area contributed by atoms with Gasteiger partial charge in [-0.1, -0.05) is 25.7 Å². The van der Waals surface area contributed by atoms with Gasteiger partial charge in [0.25, 0.3) is 0 Å². The first-order valence-electron chi connectivity index (χ1n) is 7.82. The lowest BCUT2D eigenvalue weighted by molar-refractivity contribution is 0.472. The van der Waals surface area contributed by atoms with Gasteiger partial charge in [-0.2, -0.15) is 0 Å². The zero-order valence-electron chi connectivity index (χ0n) is 12.6. The number of rotatable bonds is 3. The van der Waals surface area contributed by atoms with E-state index in [-0.39, 0.29) is 24.0 Å². The second-order valence-corrected chi connectivity index (χ2v) is 8.46. The topological polar surface area (TPSA) is 84.5 Å². The maximum absolute atomic E-state index is 11.4. The van der Waals surface area contributed by atoms with Crippen LogP contribution in [0.1, 0.15) is 51.4 Å². The van der Waals surface area contributed by atoms with Crippen molar-refractivity contribution in [1.82, 2.24) is 5.32 Å². The highest BCUT2D eigenvalue weighted by Crippen LogP contribution is 2.19. The summed E-state index contributed by atoms with van der Waals surface area (Å²) in [7, 11) is -2.78. The third-order valence-electron chi connectivity index (χ3n) is 4.40. The van der Waals surface area contributed by atoms with Crippen LogP contribution in [0.4, 0.5) is 0 Å². The Bertz CT molecular complexity index is 418. The quantitative estimate of drug-likeness (QED) is 0.311. The molecule has 0 spiro atoms. The number of sulfone groups is 1. The smallest absolute Gasteiger partial charge is 0.188 e. The van der Waals surface area contributed by atoms with Crippen molar-refractivity contribution in [1.29, 1.82) is 0 Å². The Morgan fingerprint density at radius 2 is 1.62 bits per heavy atom. The number of hydrogen-bond donors (Lipinski definition) is 2. The molecule has 0 amide bonds. The van der Waals surface area contributed by atoms with E-state index in [1.165, 1.54) is 38.5 Å². The summed E-state index contributed by atoms with van der Waals surface area (Å²) in [6.45, 7) is 0.654. The van der Waals surface area contributed by atoms with Gasteiger partial charge in [-0.3, -0.25) is 4.99 Å². The normalized spacial score (nSPS) is 24.9. The van der Waals surface area contributed by atoms with E-state index in [9.17, 15) is 8.42 Å². The monoisotopic (exact) mass is 429 g/mol. The molecule has 0 bridgehead atoms. The van der Waals surface area contributed by atoms with Crippen molar-refractivity contribution in [3.05, 3.63) is 0 Å². The van der Waals surface area contributed by atoms with E-state index in [1.807, 2.05) is 0 Å². The third-order valence-corrected chi connectivity index (χ3v) is 6.12. The summed E-state index contributed by atoms with van der Waals surface area (Å²) in [6.07, 6.45) is 9.00. The van der Waals surface area contributed by atoms with E-state index in [4.69, 9.17) is 5.73 Å². The van der Waals surface area contributed by atoms with Crippen LogP contribution in [-0.2, 0) is 9.84 Å². The molecule has 2 fully saturated rings. The van der Waals surface area contributed by atoms with Gasteiger partial charge in [0.2, 0.25) is 0 Å². The average molecular weight is 429 g/mol. The molecule has 3 N–H and O–H groups in total. The molecule has 2 aliphatic rings. The fraction of sp³-hybridized carbons (Fsp3) is 0.929. The van der Waals surface area contributed by atoms with Gasteiger partial charge in [-0.15, -0.1) is 24.0 Å². The molecule has 7 heteroatoms. The van der Waals surface area contributed by atoms with Crippen LogP contribution >= 0.6 is 24.0 Å². The van der Waals surface area contributed by atoms with Crippen molar-refractivity contribution in [2.24, 2.45) is 16.6 Å². The van der Waals surface area contributed by atoms with Crippen LogP contribution in [0.5, 0.6) is 0 Å². The molecule has 1 aliphatic heterocycles. The van der Waals surface area contributed by atoms with Crippen LogP contribution < -0.4 is 11.1 Å². The zero-order valence-corrected chi connectivity index (χ0v) is 15.7. The summed E-state index contributed by atoms with van der Waals surface area (Å²) in [5.41, 5.74) is 5.95. The van der Waals surface area contributed by atoms with Gasteiger partial charge in [0, 0.05) is 12.6 Å². The summed E-state index contributed by atoms with van der Waals surface area (Å²) < 4.78 is 22.7. The van der Waals surface area contributed by atoms with Crippen molar-refractivity contribution in [3.8, 4) is 0 Å². The maximum atomic E-state index is 11.4. The van der Waals surface area contributed by atoms with Crippen molar-refractivity contribution in [2.75, 3.05) is 18.1 Å². The van der Waals surface area contributed by atoms with Crippen molar-refractivity contribution < 1.29 is 8.42 Å². The zero-order chi connectivity index (χ0) is 14.4. The fourth-order valence-electron chi connectivity index (χ4n) is 3.03. The van der Waals surface area contributed by atoms with Crippen LogP contribution in [0.15, 0.2) is 4.99 Å². The van der Waals surface area contributed by atoms with Crippen LogP contribution in [0.3, 0.4) is 0 Å². The van der Waals surface area contributed by atoms with Crippen LogP contribution in [0.25, 0.3) is 0 Å². The lowest BCUT2D eigenvalue weighted by atomic mass is 10.0.